The van der Waals surface area contributed by atoms with Crippen LogP contribution >= 0.6 is 0 Å². The average Bonchev–Trinajstić information content (AvgIpc) is 2.68. The standard InChI is InChI=1S/C20H16N4O2/c21-13-16-6-4-15(5-7-16)8-9-19(25)24-17-2-1-3-18(12-17)26-20-14-22-10-11-23-20/h1-7,10-12,14H,8-9H2,(H,24,25). The van der Waals surface area contributed by atoms with Gasteiger partial charge in [0.05, 0.1) is 17.8 Å². The van der Waals surface area contributed by atoms with Crippen LogP contribution in [0.5, 0.6) is 11.6 Å². The van der Waals surface area contributed by atoms with Gasteiger partial charge in [0.1, 0.15) is 5.75 Å². The minimum absolute atomic E-state index is 0.0917. The molecule has 0 atom stereocenters. The number of hydrogen-bond acceptors (Lipinski definition) is 5. The summed E-state index contributed by atoms with van der Waals surface area (Å²) in [6.45, 7) is 0. The van der Waals surface area contributed by atoms with Gasteiger partial charge in [-0.15, -0.1) is 0 Å². The minimum Gasteiger partial charge on any atom is -0.437 e. The van der Waals surface area contributed by atoms with Gasteiger partial charge in [-0.25, -0.2) is 4.98 Å². The molecule has 6 heteroatoms. The van der Waals surface area contributed by atoms with Crippen LogP contribution in [-0.4, -0.2) is 15.9 Å². The Bertz CT molecular complexity index is 919. The maximum Gasteiger partial charge on any atom is 0.237 e. The summed E-state index contributed by atoms with van der Waals surface area (Å²) in [6.07, 6.45) is 5.58. The Morgan fingerprint density at radius 2 is 2.00 bits per heavy atom. The lowest BCUT2D eigenvalue weighted by atomic mass is 10.1. The van der Waals surface area contributed by atoms with E-state index >= 15 is 0 Å². The first kappa shape index (κ1) is 17.1. The average molecular weight is 344 g/mol. The van der Waals surface area contributed by atoms with Gasteiger partial charge in [-0.1, -0.05) is 18.2 Å². The van der Waals surface area contributed by atoms with Gasteiger partial charge < -0.3 is 10.1 Å². The Morgan fingerprint density at radius 3 is 2.73 bits per heavy atom. The predicted molar refractivity (Wildman–Crippen MR) is 96.7 cm³/mol. The molecule has 128 valence electrons. The number of benzene rings is 2. The molecule has 0 aliphatic rings. The molecule has 26 heavy (non-hydrogen) atoms. The van der Waals surface area contributed by atoms with Gasteiger partial charge in [0.25, 0.3) is 0 Å². The first-order valence-electron chi connectivity index (χ1n) is 8.06. The zero-order valence-corrected chi connectivity index (χ0v) is 13.9. The van der Waals surface area contributed by atoms with Gasteiger partial charge in [0.2, 0.25) is 11.8 Å². The van der Waals surface area contributed by atoms with Crippen molar-refractivity contribution in [1.29, 1.82) is 5.26 Å². The summed E-state index contributed by atoms with van der Waals surface area (Å²) in [5.41, 5.74) is 2.27. The van der Waals surface area contributed by atoms with Crippen LogP contribution in [0.4, 0.5) is 5.69 Å². The molecule has 3 aromatic rings. The third-order valence-electron chi connectivity index (χ3n) is 3.60. The second kappa shape index (κ2) is 8.40. The molecule has 2 aromatic carbocycles. The van der Waals surface area contributed by atoms with Crippen molar-refractivity contribution < 1.29 is 9.53 Å². The van der Waals surface area contributed by atoms with E-state index in [4.69, 9.17) is 10.00 Å². The van der Waals surface area contributed by atoms with Crippen molar-refractivity contribution in [2.45, 2.75) is 12.8 Å². The highest BCUT2D eigenvalue weighted by molar-refractivity contribution is 5.91. The molecule has 1 N–H and O–H groups in total. The Morgan fingerprint density at radius 1 is 1.15 bits per heavy atom. The summed E-state index contributed by atoms with van der Waals surface area (Å²) in [5, 5.41) is 11.6. The molecule has 0 bridgehead atoms. The summed E-state index contributed by atoms with van der Waals surface area (Å²) < 4.78 is 5.60. The lowest BCUT2D eigenvalue weighted by molar-refractivity contribution is -0.116. The van der Waals surface area contributed by atoms with E-state index in [0.717, 1.165) is 5.56 Å². The van der Waals surface area contributed by atoms with Gasteiger partial charge in [-0.3, -0.25) is 9.78 Å². The zero-order valence-electron chi connectivity index (χ0n) is 13.9. The maximum atomic E-state index is 12.2. The summed E-state index contributed by atoms with van der Waals surface area (Å²) >= 11 is 0. The fourth-order valence-electron chi connectivity index (χ4n) is 2.32. The van der Waals surface area contributed by atoms with Crippen molar-refractivity contribution in [3.8, 4) is 17.7 Å². The van der Waals surface area contributed by atoms with E-state index in [-0.39, 0.29) is 5.91 Å². The number of ether oxygens (including phenoxy) is 1. The van der Waals surface area contributed by atoms with Crippen LogP contribution in [0.3, 0.4) is 0 Å². The number of aryl methyl sites for hydroxylation is 1. The second-order valence-electron chi connectivity index (χ2n) is 5.53. The van der Waals surface area contributed by atoms with E-state index in [1.165, 1.54) is 6.20 Å². The van der Waals surface area contributed by atoms with Crippen molar-refractivity contribution in [2.75, 3.05) is 5.32 Å². The molecule has 1 heterocycles. The van der Waals surface area contributed by atoms with Gasteiger partial charge >= 0.3 is 0 Å². The summed E-state index contributed by atoms with van der Waals surface area (Å²) in [7, 11) is 0. The topological polar surface area (TPSA) is 87.9 Å². The summed E-state index contributed by atoms with van der Waals surface area (Å²) in [5.74, 6) is 0.859. The summed E-state index contributed by atoms with van der Waals surface area (Å²) in [4.78, 5) is 20.1. The molecule has 1 amide bonds. The van der Waals surface area contributed by atoms with Crippen molar-refractivity contribution in [1.82, 2.24) is 9.97 Å². The zero-order chi connectivity index (χ0) is 18.2. The Hall–Kier alpha value is -3.72. The van der Waals surface area contributed by atoms with E-state index in [1.54, 1.807) is 48.8 Å². The Balaban J connectivity index is 1.55. The van der Waals surface area contributed by atoms with E-state index in [9.17, 15) is 4.79 Å². The van der Waals surface area contributed by atoms with Gasteiger partial charge in [0, 0.05) is 30.6 Å². The fourth-order valence-corrected chi connectivity index (χ4v) is 2.32. The molecule has 0 spiro atoms. The molecular formula is C20H16N4O2. The van der Waals surface area contributed by atoms with E-state index in [2.05, 4.69) is 21.4 Å². The molecule has 0 saturated carbocycles. The molecule has 0 unspecified atom stereocenters. The highest BCUT2D eigenvalue weighted by Gasteiger charge is 2.05. The van der Waals surface area contributed by atoms with Crippen LogP contribution in [0, 0.1) is 11.3 Å². The van der Waals surface area contributed by atoms with Crippen LogP contribution in [0.2, 0.25) is 0 Å². The molecule has 0 radical (unpaired) electrons. The van der Waals surface area contributed by atoms with E-state index in [1.807, 2.05) is 12.1 Å². The number of anilines is 1. The predicted octanol–water partition coefficient (Wildman–Crippen LogP) is 3.71. The highest BCUT2D eigenvalue weighted by Crippen LogP contribution is 2.22. The number of nitrogens with one attached hydrogen (secondary N) is 1. The van der Waals surface area contributed by atoms with E-state index < -0.39 is 0 Å². The number of hydrogen-bond donors (Lipinski definition) is 1. The number of amides is 1. The van der Waals surface area contributed by atoms with Crippen LogP contribution in [0.1, 0.15) is 17.5 Å². The molecule has 0 fully saturated rings. The number of aromatic nitrogens is 2. The van der Waals surface area contributed by atoms with Gasteiger partial charge in [-0.2, -0.15) is 5.26 Å². The highest BCUT2D eigenvalue weighted by atomic mass is 16.5. The lowest BCUT2D eigenvalue weighted by Crippen LogP contribution is -2.12. The fraction of sp³-hybridized carbons (Fsp3) is 0.100. The van der Waals surface area contributed by atoms with Gasteiger partial charge in [-0.05, 0) is 36.2 Å². The SMILES string of the molecule is N#Cc1ccc(CCC(=O)Nc2cccc(Oc3cnccn3)c2)cc1. The maximum absolute atomic E-state index is 12.2. The smallest absolute Gasteiger partial charge is 0.237 e. The largest absolute Gasteiger partial charge is 0.437 e. The molecule has 0 aliphatic heterocycles. The van der Waals surface area contributed by atoms with E-state index in [0.29, 0.717) is 35.7 Å². The third kappa shape index (κ3) is 4.89. The number of carbonyl (C=O) groups is 1. The molecule has 0 aliphatic carbocycles. The quantitative estimate of drug-likeness (QED) is 0.736. The first-order valence-corrected chi connectivity index (χ1v) is 8.06. The van der Waals surface area contributed by atoms with Crippen LogP contribution in [-0.2, 0) is 11.2 Å². The minimum atomic E-state index is -0.0917. The molecule has 3 rings (SSSR count). The Kier molecular flexibility index (Phi) is 5.53. The second-order valence-corrected chi connectivity index (χ2v) is 5.53. The number of rotatable bonds is 6. The molecule has 1 aromatic heterocycles. The molecular weight excluding hydrogens is 328 g/mol. The van der Waals surface area contributed by atoms with Crippen molar-refractivity contribution >= 4 is 11.6 Å². The third-order valence-corrected chi connectivity index (χ3v) is 3.60. The molecule has 0 saturated heterocycles. The van der Waals surface area contributed by atoms with Crippen molar-refractivity contribution in [3.63, 3.8) is 0 Å². The van der Waals surface area contributed by atoms with Crippen molar-refractivity contribution in [2.24, 2.45) is 0 Å². The van der Waals surface area contributed by atoms with Crippen LogP contribution in [0.15, 0.2) is 67.1 Å². The van der Waals surface area contributed by atoms with Crippen molar-refractivity contribution in [3.05, 3.63) is 78.2 Å². The van der Waals surface area contributed by atoms with Gasteiger partial charge in [0.15, 0.2) is 0 Å². The van der Waals surface area contributed by atoms with Crippen LogP contribution < -0.4 is 10.1 Å². The molecule has 6 nitrogen and oxygen atoms in total. The normalized spacial score (nSPS) is 9.96. The Labute approximate surface area is 151 Å². The lowest BCUT2D eigenvalue weighted by Gasteiger charge is -2.08. The number of nitrogens with zero attached hydrogens (tertiary/aromatic N) is 3. The summed E-state index contributed by atoms with van der Waals surface area (Å²) in [6, 6.07) is 16.4. The van der Waals surface area contributed by atoms with Crippen LogP contribution in [0.25, 0.3) is 0 Å². The number of carbonyl (C=O) groups excluding carboxylic acids is 1. The number of nitriles is 1. The first-order chi connectivity index (χ1) is 12.7. The monoisotopic (exact) mass is 344 g/mol.